The standard InChI is InChI=1S/C13H19F2NO/c1-5-16-12(13(14)15)11-9(3)6-8(2)7-10(11)17-4/h6-7,12-13,16H,5H2,1-4H3. The topological polar surface area (TPSA) is 21.3 Å². The number of rotatable bonds is 5. The van der Waals surface area contributed by atoms with Crippen molar-refractivity contribution in [2.75, 3.05) is 13.7 Å². The Morgan fingerprint density at radius 1 is 1.29 bits per heavy atom. The first-order valence-corrected chi connectivity index (χ1v) is 5.67. The van der Waals surface area contributed by atoms with Crippen LogP contribution in [-0.2, 0) is 0 Å². The van der Waals surface area contributed by atoms with Gasteiger partial charge in [-0.3, -0.25) is 0 Å². The number of aryl methyl sites for hydroxylation is 2. The Hall–Kier alpha value is -1.16. The van der Waals surface area contributed by atoms with Crippen LogP contribution in [0.15, 0.2) is 12.1 Å². The smallest absolute Gasteiger partial charge is 0.257 e. The van der Waals surface area contributed by atoms with E-state index >= 15 is 0 Å². The zero-order valence-electron chi connectivity index (χ0n) is 10.7. The number of hydrogen-bond acceptors (Lipinski definition) is 2. The van der Waals surface area contributed by atoms with E-state index in [1.54, 1.807) is 6.07 Å². The second-order valence-corrected chi connectivity index (χ2v) is 4.07. The van der Waals surface area contributed by atoms with Gasteiger partial charge in [0.15, 0.2) is 0 Å². The third-order valence-corrected chi connectivity index (χ3v) is 2.70. The monoisotopic (exact) mass is 243 g/mol. The van der Waals surface area contributed by atoms with E-state index in [-0.39, 0.29) is 0 Å². The molecule has 0 fully saturated rings. The molecule has 1 aromatic carbocycles. The predicted octanol–water partition coefficient (Wildman–Crippen LogP) is 3.23. The second-order valence-electron chi connectivity index (χ2n) is 4.07. The summed E-state index contributed by atoms with van der Waals surface area (Å²) in [6.45, 7) is 6.05. The lowest BCUT2D eigenvalue weighted by atomic mass is 9.98. The van der Waals surface area contributed by atoms with Crippen molar-refractivity contribution in [1.29, 1.82) is 0 Å². The third kappa shape index (κ3) is 3.16. The number of halogens is 2. The first-order valence-electron chi connectivity index (χ1n) is 5.67. The molecular weight excluding hydrogens is 224 g/mol. The maximum absolute atomic E-state index is 13.1. The average molecular weight is 243 g/mol. The summed E-state index contributed by atoms with van der Waals surface area (Å²) >= 11 is 0. The van der Waals surface area contributed by atoms with E-state index in [1.807, 2.05) is 26.8 Å². The van der Waals surface area contributed by atoms with Crippen LogP contribution >= 0.6 is 0 Å². The molecule has 0 amide bonds. The highest BCUT2D eigenvalue weighted by Crippen LogP contribution is 2.33. The Morgan fingerprint density at radius 3 is 2.41 bits per heavy atom. The largest absolute Gasteiger partial charge is 0.496 e. The Balaban J connectivity index is 3.25. The maximum Gasteiger partial charge on any atom is 0.257 e. The number of hydrogen-bond donors (Lipinski definition) is 1. The molecule has 96 valence electrons. The molecule has 1 aromatic rings. The zero-order valence-corrected chi connectivity index (χ0v) is 10.7. The molecule has 0 spiro atoms. The number of methoxy groups -OCH3 is 1. The molecule has 4 heteroatoms. The minimum atomic E-state index is -2.45. The number of alkyl halides is 2. The first-order chi connectivity index (χ1) is 8.01. The number of ether oxygens (including phenoxy) is 1. The molecule has 0 radical (unpaired) electrons. The predicted molar refractivity (Wildman–Crippen MR) is 64.9 cm³/mol. The summed E-state index contributed by atoms with van der Waals surface area (Å²) in [7, 11) is 1.51. The maximum atomic E-state index is 13.1. The second kappa shape index (κ2) is 5.96. The fourth-order valence-corrected chi connectivity index (χ4v) is 2.04. The Bertz CT molecular complexity index is 380. The Kier molecular flexibility index (Phi) is 4.87. The molecular formula is C13H19F2NO. The molecule has 0 aliphatic heterocycles. The molecule has 0 bridgehead atoms. The molecule has 1 atom stereocenters. The van der Waals surface area contributed by atoms with E-state index in [4.69, 9.17) is 4.74 Å². The van der Waals surface area contributed by atoms with Crippen molar-refractivity contribution >= 4 is 0 Å². The fourth-order valence-electron chi connectivity index (χ4n) is 2.04. The molecule has 0 saturated heterocycles. The molecule has 1 N–H and O–H groups in total. The SMILES string of the molecule is CCNC(c1c(C)cc(C)cc1OC)C(F)F. The van der Waals surface area contributed by atoms with Crippen LogP contribution in [0.1, 0.15) is 29.7 Å². The number of benzene rings is 1. The van der Waals surface area contributed by atoms with Crippen LogP contribution in [0.3, 0.4) is 0 Å². The van der Waals surface area contributed by atoms with E-state index in [9.17, 15) is 8.78 Å². The van der Waals surface area contributed by atoms with Gasteiger partial charge in [-0.1, -0.05) is 13.0 Å². The van der Waals surface area contributed by atoms with Crippen LogP contribution in [0.25, 0.3) is 0 Å². The summed E-state index contributed by atoms with van der Waals surface area (Å²) in [6, 6.07) is 2.70. The van der Waals surface area contributed by atoms with Gasteiger partial charge in [0.25, 0.3) is 6.43 Å². The van der Waals surface area contributed by atoms with Gasteiger partial charge in [0.1, 0.15) is 5.75 Å². The first kappa shape index (κ1) is 13.9. The van der Waals surface area contributed by atoms with Crippen LogP contribution in [0.2, 0.25) is 0 Å². The van der Waals surface area contributed by atoms with Crippen molar-refractivity contribution in [2.24, 2.45) is 0 Å². The third-order valence-electron chi connectivity index (χ3n) is 2.70. The quantitative estimate of drug-likeness (QED) is 0.857. The van der Waals surface area contributed by atoms with Gasteiger partial charge in [0.2, 0.25) is 0 Å². The Labute approximate surface area is 101 Å². The summed E-state index contributed by atoms with van der Waals surface area (Å²) in [4.78, 5) is 0. The molecule has 0 heterocycles. The Morgan fingerprint density at radius 2 is 1.94 bits per heavy atom. The minimum absolute atomic E-state index is 0.492. The van der Waals surface area contributed by atoms with E-state index in [0.717, 1.165) is 11.1 Å². The van der Waals surface area contributed by atoms with Gasteiger partial charge in [-0.15, -0.1) is 0 Å². The zero-order chi connectivity index (χ0) is 13.0. The van der Waals surface area contributed by atoms with Crippen LogP contribution in [0, 0.1) is 13.8 Å². The molecule has 1 unspecified atom stereocenters. The van der Waals surface area contributed by atoms with Crippen LogP contribution < -0.4 is 10.1 Å². The summed E-state index contributed by atoms with van der Waals surface area (Å²) in [6.07, 6.45) is -2.45. The highest BCUT2D eigenvalue weighted by atomic mass is 19.3. The highest BCUT2D eigenvalue weighted by molar-refractivity contribution is 5.45. The average Bonchev–Trinajstić information content (AvgIpc) is 2.25. The summed E-state index contributed by atoms with van der Waals surface area (Å²) < 4.78 is 31.3. The fraction of sp³-hybridized carbons (Fsp3) is 0.538. The summed E-state index contributed by atoms with van der Waals surface area (Å²) in [5.41, 5.74) is 2.38. The highest BCUT2D eigenvalue weighted by Gasteiger charge is 2.26. The van der Waals surface area contributed by atoms with E-state index in [2.05, 4.69) is 5.32 Å². The van der Waals surface area contributed by atoms with Gasteiger partial charge in [0.05, 0.1) is 13.2 Å². The van der Waals surface area contributed by atoms with Crippen LogP contribution in [-0.4, -0.2) is 20.1 Å². The van der Waals surface area contributed by atoms with E-state index in [1.165, 1.54) is 7.11 Å². The van der Waals surface area contributed by atoms with Crippen molar-refractivity contribution in [3.8, 4) is 5.75 Å². The lowest BCUT2D eigenvalue weighted by molar-refractivity contribution is 0.0976. The molecule has 0 aromatic heterocycles. The van der Waals surface area contributed by atoms with Crippen molar-refractivity contribution in [2.45, 2.75) is 33.2 Å². The minimum Gasteiger partial charge on any atom is -0.496 e. The van der Waals surface area contributed by atoms with Gasteiger partial charge in [-0.2, -0.15) is 0 Å². The van der Waals surface area contributed by atoms with Crippen molar-refractivity contribution < 1.29 is 13.5 Å². The van der Waals surface area contributed by atoms with Crippen molar-refractivity contribution in [1.82, 2.24) is 5.32 Å². The lowest BCUT2D eigenvalue weighted by Crippen LogP contribution is -2.28. The molecule has 2 nitrogen and oxygen atoms in total. The molecule has 1 rings (SSSR count). The van der Waals surface area contributed by atoms with Gasteiger partial charge in [0, 0.05) is 5.56 Å². The van der Waals surface area contributed by atoms with Crippen molar-refractivity contribution in [3.05, 3.63) is 28.8 Å². The van der Waals surface area contributed by atoms with E-state index < -0.39 is 12.5 Å². The lowest BCUT2D eigenvalue weighted by Gasteiger charge is -2.22. The molecule has 0 saturated carbocycles. The normalized spacial score (nSPS) is 12.9. The molecule has 0 aliphatic rings. The summed E-state index contributed by atoms with van der Waals surface area (Å²) in [5.74, 6) is 0.522. The van der Waals surface area contributed by atoms with Gasteiger partial charge in [-0.25, -0.2) is 8.78 Å². The molecule has 17 heavy (non-hydrogen) atoms. The number of nitrogens with one attached hydrogen (secondary N) is 1. The summed E-state index contributed by atoms with van der Waals surface area (Å²) in [5, 5.41) is 2.80. The van der Waals surface area contributed by atoms with Crippen molar-refractivity contribution in [3.63, 3.8) is 0 Å². The van der Waals surface area contributed by atoms with Gasteiger partial charge < -0.3 is 10.1 Å². The van der Waals surface area contributed by atoms with Crippen LogP contribution in [0.4, 0.5) is 8.78 Å². The van der Waals surface area contributed by atoms with Crippen LogP contribution in [0.5, 0.6) is 5.75 Å². The molecule has 0 aliphatic carbocycles. The van der Waals surface area contributed by atoms with E-state index in [0.29, 0.717) is 17.9 Å². The van der Waals surface area contributed by atoms with Gasteiger partial charge >= 0.3 is 0 Å². The van der Waals surface area contributed by atoms with Gasteiger partial charge in [-0.05, 0) is 37.6 Å².